The van der Waals surface area contributed by atoms with E-state index < -0.39 is 5.97 Å². The average molecular weight is 171 g/mol. The zero-order chi connectivity index (χ0) is 9.26. The first-order valence-electron chi connectivity index (χ1n) is 3.91. The first-order valence-corrected chi connectivity index (χ1v) is 3.91. The van der Waals surface area contributed by atoms with Gasteiger partial charge in [0.05, 0.1) is 5.56 Å². The molecule has 63 valence electrons. The van der Waals surface area contributed by atoms with Crippen LogP contribution in [0.15, 0.2) is 36.4 Å². The molecule has 2 heteroatoms. The minimum atomic E-state index is -0.897. The molecule has 13 heavy (non-hydrogen) atoms. The number of hydrogen-bond donors (Lipinski definition) is 1. The van der Waals surface area contributed by atoms with Crippen LogP contribution >= 0.6 is 0 Å². The van der Waals surface area contributed by atoms with Gasteiger partial charge >= 0.3 is 5.97 Å². The Balaban J connectivity index is 2.69. The zero-order valence-electron chi connectivity index (χ0n) is 6.82. The largest absolute Gasteiger partial charge is 0.478 e. The summed E-state index contributed by atoms with van der Waals surface area (Å²) in [7, 11) is 0. The third-order valence-corrected chi connectivity index (χ3v) is 1.91. The van der Waals surface area contributed by atoms with Crippen LogP contribution in [0.1, 0.15) is 10.4 Å². The van der Waals surface area contributed by atoms with Crippen LogP contribution in [-0.2, 0) is 0 Å². The number of benzene rings is 2. The molecular formula is C11H7O2. The molecule has 0 spiro atoms. The molecule has 2 aromatic carbocycles. The van der Waals surface area contributed by atoms with Crippen LogP contribution in [0.2, 0.25) is 0 Å². The molecular weight excluding hydrogens is 164 g/mol. The van der Waals surface area contributed by atoms with E-state index in [-0.39, 0.29) is 0 Å². The standard InChI is InChI=1S/C11H7O2/c12-11(13)10-6-5-8-3-1-2-4-9(8)7-10/h1-2,4-7H,(H,12,13). The van der Waals surface area contributed by atoms with Gasteiger partial charge in [0.1, 0.15) is 0 Å². The van der Waals surface area contributed by atoms with Gasteiger partial charge in [-0.15, -0.1) is 0 Å². The Morgan fingerprint density at radius 3 is 2.92 bits per heavy atom. The lowest BCUT2D eigenvalue weighted by Gasteiger charge is -1.97. The topological polar surface area (TPSA) is 37.3 Å². The van der Waals surface area contributed by atoms with E-state index >= 15 is 0 Å². The molecule has 2 rings (SSSR count). The molecule has 0 aliphatic heterocycles. The SMILES string of the molecule is O=C(O)c1ccc2[c]cccc2c1. The molecule has 0 unspecified atom stereocenters. The molecule has 0 aliphatic rings. The van der Waals surface area contributed by atoms with Gasteiger partial charge in [0, 0.05) is 0 Å². The number of hydrogen-bond acceptors (Lipinski definition) is 1. The van der Waals surface area contributed by atoms with Crippen LogP contribution in [0.25, 0.3) is 10.8 Å². The fourth-order valence-electron chi connectivity index (χ4n) is 1.25. The minimum absolute atomic E-state index is 0.312. The zero-order valence-corrected chi connectivity index (χ0v) is 6.82. The van der Waals surface area contributed by atoms with E-state index in [4.69, 9.17) is 5.11 Å². The highest BCUT2D eigenvalue weighted by atomic mass is 16.4. The summed E-state index contributed by atoms with van der Waals surface area (Å²) >= 11 is 0. The lowest BCUT2D eigenvalue weighted by Crippen LogP contribution is -1.94. The summed E-state index contributed by atoms with van der Waals surface area (Å²) < 4.78 is 0. The van der Waals surface area contributed by atoms with Crippen molar-refractivity contribution in [2.45, 2.75) is 0 Å². The van der Waals surface area contributed by atoms with Gasteiger partial charge in [-0.1, -0.05) is 24.3 Å². The third kappa shape index (κ3) is 1.38. The second kappa shape index (κ2) is 2.90. The van der Waals surface area contributed by atoms with Gasteiger partial charge in [0.15, 0.2) is 0 Å². The molecule has 0 heterocycles. The van der Waals surface area contributed by atoms with E-state index in [2.05, 4.69) is 6.07 Å². The predicted octanol–water partition coefficient (Wildman–Crippen LogP) is 2.34. The molecule has 1 radical (unpaired) electrons. The molecule has 1 N–H and O–H groups in total. The molecule has 0 fully saturated rings. The van der Waals surface area contributed by atoms with Gasteiger partial charge in [-0.2, -0.15) is 0 Å². The maximum Gasteiger partial charge on any atom is 0.335 e. The smallest absolute Gasteiger partial charge is 0.335 e. The van der Waals surface area contributed by atoms with Crippen molar-refractivity contribution in [3.05, 3.63) is 48.0 Å². The highest BCUT2D eigenvalue weighted by Gasteiger charge is 2.02. The van der Waals surface area contributed by atoms with E-state index in [0.29, 0.717) is 5.56 Å². The summed E-state index contributed by atoms with van der Waals surface area (Å²) in [5.74, 6) is -0.897. The maximum atomic E-state index is 10.6. The van der Waals surface area contributed by atoms with Gasteiger partial charge in [-0.25, -0.2) is 4.79 Å². The van der Waals surface area contributed by atoms with Crippen molar-refractivity contribution in [3.8, 4) is 0 Å². The second-order valence-electron chi connectivity index (χ2n) is 2.78. The number of carbonyl (C=O) groups is 1. The predicted molar refractivity (Wildman–Crippen MR) is 49.7 cm³/mol. The van der Waals surface area contributed by atoms with Crippen LogP contribution < -0.4 is 0 Å². The normalized spacial score (nSPS) is 10.2. The van der Waals surface area contributed by atoms with Crippen LogP contribution in [0.3, 0.4) is 0 Å². The summed E-state index contributed by atoms with van der Waals surface area (Å²) in [5.41, 5.74) is 0.312. The van der Waals surface area contributed by atoms with Crippen LogP contribution in [0, 0.1) is 6.07 Å². The number of carboxylic acid groups (broad SMARTS) is 1. The Kier molecular flexibility index (Phi) is 1.74. The van der Waals surface area contributed by atoms with E-state index in [1.54, 1.807) is 18.2 Å². The van der Waals surface area contributed by atoms with E-state index in [9.17, 15) is 4.79 Å². The lowest BCUT2D eigenvalue weighted by molar-refractivity contribution is 0.0697. The first kappa shape index (κ1) is 7.80. The Morgan fingerprint density at radius 1 is 1.31 bits per heavy atom. The van der Waals surface area contributed by atoms with Crippen LogP contribution in [0.5, 0.6) is 0 Å². The number of fused-ring (bicyclic) bond motifs is 1. The monoisotopic (exact) mass is 171 g/mol. The van der Waals surface area contributed by atoms with Gasteiger partial charge in [-0.3, -0.25) is 0 Å². The first-order chi connectivity index (χ1) is 6.27. The van der Waals surface area contributed by atoms with Crippen molar-refractivity contribution in [1.82, 2.24) is 0 Å². The molecule has 0 atom stereocenters. The van der Waals surface area contributed by atoms with Crippen molar-refractivity contribution in [2.24, 2.45) is 0 Å². The van der Waals surface area contributed by atoms with Crippen molar-refractivity contribution >= 4 is 16.7 Å². The Bertz CT molecular complexity index is 460. The lowest BCUT2D eigenvalue weighted by atomic mass is 10.1. The van der Waals surface area contributed by atoms with Crippen molar-refractivity contribution in [3.63, 3.8) is 0 Å². The number of rotatable bonds is 1. The quantitative estimate of drug-likeness (QED) is 0.715. The van der Waals surface area contributed by atoms with Crippen molar-refractivity contribution < 1.29 is 9.90 Å². The van der Waals surface area contributed by atoms with Crippen LogP contribution in [0.4, 0.5) is 0 Å². The molecule has 0 saturated carbocycles. The third-order valence-electron chi connectivity index (χ3n) is 1.91. The van der Waals surface area contributed by atoms with Crippen molar-refractivity contribution in [1.29, 1.82) is 0 Å². The van der Waals surface area contributed by atoms with Gasteiger partial charge in [0.2, 0.25) is 0 Å². The highest BCUT2D eigenvalue weighted by molar-refractivity contribution is 5.94. The summed E-state index contributed by atoms with van der Waals surface area (Å²) in [6, 6.07) is 13.5. The van der Waals surface area contributed by atoms with E-state index in [1.165, 1.54) is 0 Å². The molecule has 0 aromatic heterocycles. The van der Waals surface area contributed by atoms with Crippen molar-refractivity contribution in [2.75, 3.05) is 0 Å². The van der Waals surface area contributed by atoms with Gasteiger partial charge in [0.25, 0.3) is 0 Å². The van der Waals surface area contributed by atoms with E-state index in [1.807, 2.05) is 18.2 Å². The molecule has 0 bridgehead atoms. The highest BCUT2D eigenvalue weighted by Crippen LogP contribution is 2.14. The summed E-state index contributed by atoms with van der Waals surface area (Å²) in [6.07, 6.45) is 0. The van der Waals surface area contributed by atoms with Crippen LogP contribution in [-0.4, -0.2) is 11.1 Å². The van der Waals surface area contributed by atoms with E-state index in [0.717, 1.165) is 10.8 Å². The molecule has 0 aliphatic carbocycles. The molecule has 0 amide bonds. The average Bonchev–Trinajstić information content (AvgIpc) is 2.17. The van der Waals surface area contributed by atoms with Gasteiger partial charge < -0.3 is 5.11 Å². The van der Waals surface area contributed by atoms with Gasteiger partial charge in [-0.05, 0) is 29.0 Å². The Hall–Kier alpha value is -1.83. The molecule has 2 nitrogen and oxygen atoms in total. The number of carboxylic acids is 1. The fourth-order valence-corrected chi connectivity index (χ4v) is 1.25. The molecule has 0 saturated heterocycles. The second-order valence-corrected chi connectivity index (χ2v) is 2.78. The summed E-state index contributed by atoms with van der Waals surface area (Å²) in [6.45, 7) is 0. The Labute approximate surface area is 75.4 Å². The maximum absolute atomic E-state index is 10.6. The summed E-state index contributed by atoms with van der Waals surface area (Å²) in [5, 5.41) is 10.6. The number of aromatic carboxylic acids is 1. The Morgan fingerprint density at radius 2 is 2.15 bits per heavy atom. The summed E-state index contributed by atoms with van der Waals surface area (Å²) in [4.78, 5) is 10.6. The molecule has 2 aromatic rings. The minimum Gasteiger partial charge on any atom is -0.478 e. The fraction of sp³-hybridized carbons (Fsp3) is 0.